The van der Waals surface area contributed by atoms with Crippen molar-refractivity contribution in [2.75, 3.05) is 18.6 Å². The molecule has 1 amide bonds. The van der Waals surface area contributed by atoms with Crippen molar-refractivity contribution in [1.82, 2.24) is 5.32 Å². The van der Waals surface area contributed by atoms with E-state index in [1.54, 1.807) is 24.3 Å². The van der Waals surface area contributed by atoms with Crippen molar-refractivity contribution in [1.29, 1.82) is 5.26 Å². The number of ether oxygens (including phenoxy) is 1. The number of rotatable bonds is 6. The van der Waals surface area contributed by atoms with Crippen LogP contribution in [0, 0.1) is 11.3 Å². The third kappa shape index (κ3) is 5.44. The van der Waals surface area contributed by atoms with E-state index < -0.39 is 0 Å². The maximum atomic E-state index is 11.4. The molecule has 100 valence electrons. The average molecular weight is 278 g/mol. The van der Waals surface area contributed by atoms with Crippen LogP contribution in [0.5, 0.6) is 0 Å². The summed E-state index contributed by atoms with van der Waals surface area (Å²) in [6, 6.07) is 8.78. The molecule has 0 saturated carbocycles. The number of nitrogens with one attached hydrogen (secondary N) is 1. The number of esters is 1. The zero-order chi connectivity index (χ0) is 14.1. The smallest absolute Gasteiger partial charge is 0.337 e. The van der Waals surface area contributed by atoms with Crippen molar-refractivity contribution in [3.8, 4) is 6.07 Å². The van der Waals surface area contributed by atoms with E-state index in [0.29, 0.717) is 17.9 Å². The van der Waals surface area contributed by atoms with E-state index in [4.69, 9.17) is 5.26 Å². The summed E-state index contributed by atoms with van der Waals surface area (Å²) in [5.74, 6) is 0.0791. The summed E-state index contributed by atoms with van der Waals surface area (Å²) in [7, 11) is 1.33. The number of nitriles is 1. The molecule has 0 fully saturated rings. The molecule has 1 rings (SSSR count). The van der Waals surface area contributed by atoms with Crippen molar-refractivity contribution in [3.63, 3.8) is 0 Å². The van der Waals surface area contributed by atoms with Gasteiger partial charge in [0, 0.05) is 6.54 Å². The Balaban J connectivity index is 2.40. The summed E-state index contributed by atoms with van der Waals surface area (Å²) in [5.41, 5.74) is 1.37. The molecule has 0 aromatic heterocycles. The van der Waals surface area contributed by atoms with E-state index in [9.17, 15) is 9.59 Å². The van der Waals surface area contributed by atoms with Crippen LogP contribution < -0.4 is 5.32 Å². The first-order valence-corrected chi connectivity index (χ1v) is 6.71. The number of amides is 1. The number of benzene rings is 1. The van der Waals surface area contributed by atoms with Crippen LogP contribution in [-0.2, 0) is 16.1 Å². The molecular weight excluding hydrogens is 264 g/mol. The molecule has 0 unspecified atom stereocenters. The topological polar surface area (TPSA) is 79.2 Å². The average Bonchev–Trinajstić information content (AvgIpc) is 2.45. The van der Waals surface area contributed by atoms with Gasteiger partial charge in [-0.05, 0) is 17.7 Å². The lowest BCUT2D eigenvalue weighted by atomic mass is 10.1. The Morgan fingerprint density at radius 1 is 1.37 bits per heavy atom. The fourth-order valence-corrected chi connectivity index (χ4v) is 1.80. The lowest BCUT2D eigenvalue weighted by Crippen LogP contribution is -2.24. The highest BCUT2D eigenvalue weighted by molar-refractivity contribution is 8.00. The molecule has 0 bridgehead atoms. The van der Waals surface area contributed by atoms with Crippen LogP contribution in [-0.4, -0.2) is 30.5 Å². The molecule has 0 radical (unpaired) electrons. The first-order chi connectivity index (χ1) is 9.17. The normalized spacial score (nSPS) is 9.47. The Kier molecular flexibility index (Phi) is 6.47. The third-order valence-corrected chi connectivity index (χ3v) is 3.06. The van der Waals surface area contributed by atoms with Crippen molar-refractivity contribution in [2.24, 2.45) is 0 Å². The monoisotopic (exact) mass is 278 g/mol. The van der Waals surface area contributed by atoms with E-state index in [1.807, 2.05) is 6.07 Å². The lowest BCUT2D eigenvalue weighted by molar-refractivity contribution is -0.118. The maximum Gasteiger partial charge on any atom is 0.337 e. The van der Waals surface area contributed by atoms with Crippen molar-refractivity contribution < 1.29 is 14.3 Å². The molecule has 0 heterocycles. The second-order valence-corrected chi connectivity index (χ2v) is 4.60. The van der Waals surface area contributed by atoms with Gasteiger partial charge in [-0.25, -0.2) is 4.79 Å². The van der Waals surface area contributed by atoms with E-state index in [1.165, 1.54) is 18.9 Å². The van der Waals surface area contributed by atoms with Gasteiger partial charge in [-0.15, -0.1) is 11.8 Å². The second-order valence-electron chi connectivity index (χ2n) is 3.62. The van der Waals surface area contributed by atoms with Gasteiger partial charge in [0.1, 0.15) is 0 Å². The third-order valence-electron chi connectivity index (χ3n) is 2.26. The van der Waals surface area contributed by atoms with Crippen molar-refractivity contribution >= 4 is 23.6 Å². The van der Waals surface area contributed by atoms with Crippen LogP contribution in [0.1, 0.15) is 15.9 Å². The lowest BCUT2D eigenvalue weighted by Gasteiger charge is -2.05. The van der Waals surface area contributed by atoms with Gasteiger partial charge in [0.25, 0.3) is 0 Å². The standard InChI is InChI=1S/C13H14N2O3S/c1-18-13(17)11-4-2-10(3-5-11)8-15-12(16)9-19-7-6-14/h2-5H,7-9H2,1H3,(H,15,16). The number of hydrogen-bond acceptors (Lipinski definition) is 5. The van der Waals surface area contributed by atoms with E-state index in [2.05, 4.69) is 10.1 Å². The predicted molar refractivity (Wildman–Crippen MR) is 72.6 cm³/mol. The summed E-state index contributed by atoms with van der Waals surface area (Å²) >= 11 is 1.27. The molecule has 19 heavy (non-hydrogen) atoms. The SMILES string of the molecule is COC(=O)c1ccc(CNC(=O)CSCC#N)cc1. The summed E-state index contributed by atoms with van der Waals surface area (Å²) in [6.07, 6.45) is 0. The molecule has 0 spiro atoms. The Morgan fingerprint density at radius 2 is 2.05 bits per heavy atom. The van der Waals surface area contributed by atoms with E-state index >= 15 is 0 Å². The Hall–Kier alpha value is -2.00. The summed E-state index contributed by atoms with van der Waals surface area (Å²) in [6.45, 7) is 0.396. The molecule has 5 nitrogen and oxygen atoms in total. The summed E-state index contributed by atoms with van der Waals surface area (Å²) in [5, 5.41) is 11.1. The highest BCUT2D eigenvalue weighted by Gasteiger charge is 2.05. The minimum absolute atomic E-state index is 0.114. The molecule has 1 aromatic carbocycles. The summed E-state index contributed by atoms with van der Waals surface area (Å²) < 4.78 is 4.59. The highest BCUT2D eigenvalue weighted by atomic mass is 32.2. The number of methoxy groups -OCH3 is 1. The zero-order valence-corrected chi connectivity index (χ0v) is 11.3. The number of thioether (sulfide) groups is 1. The van der Waals surface area contributed by atoms with Crippen LogP contribution >= 0.6 is 11.8 Å². The fraction of sp³-hybridized carbons (Fsp3) is 0.308. The van der Waals surface area contributed by atoms with Gasteiger partial charge in [-0.2, -0.15) is 5.26 Å². The van der Waals surface area contributed by atoms with Crippen molar-refractivity contribution in [2.45, 2.75) is 6.54 Å². The molecule has 1 aromatic rings. The fourth-order valence-electron chi connectivity index (χ4n) is 1.32. The molecule has 0 aliphatic heterocycles. The van der Waals surface area contributed by atoms with Gasteiger partial charge in [0.15, 0.2) is 0 Å². The van der Waals surface area contributed by atoms with Crippen LogP contribution in [0.3, 0.4) is 0 Å². The van der Waals surface area contributed by atoms with E-state index in [-0.39, 0.29) is 17.6 Å². The van der Waals surface area contributed by atoms with E-state index in [0.717, 1.165) is 5.56 Å². The van der Waals surface area contributed by atoms with Gasteiger partial charge in [0.2, 0.25) is 5.91 Å². The molecule has 0 atom stereocenters. The predicted octanol–water partition coefficient (Wildman–Crippen LogP) is 1.35. The number of carbonyl (C=O) groups excluding carboxylic acids is 2. The molecule has 0 saturated heterocycles. The number of carbonyl (C=O) groups is 2. The molecule has 1 N–H and O–H groups in total. The quantitative estimate of drug-likeness (QED) is 0.627. The highest BCUT2D eigenvalue weighted by Crippen LogP contribution is 2.06. The first kappa shape index (κ1) is 15.1. The Morgan fingerprint density at radius 3 is 2.63 bits per heavy atom. The maximum absolute atomic E-state index is 11.4. The van der Waals surface area contributed by atoms with Crippen LogP contribution in [0.15, 0.2) is 24.3 Å². The Bertz CT molecular complexity index is 480. The zero-order valence-electron chi connectivity index (χ0n) is 10.5. The second kappa shape index (κ2) is 8.16. The number of hydrogen-bond donors (Lipinski definition) is 1. The first-order valence-electron chi connectivity index (χ1n) is 5.56. The molecule has 0 aliphatic rings. The van der Waals surface area contributed by atoms with Crippen LogP contribution in [0.25, 0.3) is 0 Å². The minimum Gasteiger partial charge on any atom is -0.465 e. The number of nitrogens with zero attached hydrogens (tertiary/aromatic N) is 1. The van der Waals surface area contributed by atoms with Crippen LogP contribution in [0.2, 0.25) is 0 Å². The van der Waals surface area contributed by atoms with Gasteiger partial charge in [-0.3, -0.25) is 4.79 Å². The molecule has 0 aliphatic carbocycles. The summed E-state index contributed by atoms with van der Waals surface area (Å²) in [4.78, 5) is 22.6. The molecular formula is C13H14N2O3S. The minimum atomic E-state index is -0.386. The molecule has 6 heteroatoms. The van der Waals surface area contributed by atoms with Crippen LogP contribution in [0.4, 0.5) is 0 Å². The van der Waals surface area contributed by atoms with Gasteiger partial charge in [0.05, 0.1) is 30.2 Å². The van der Waals surface area contributed by atoms with Crippen molar-refractivity contribution in [3.05, 3.63) is 35.4 Å². The van der Waals surface area contributed by atoms with Gasteiger partial charge < -0.3 is 10.1 Å². The Labute approximate surface area is 115 Å². The largest absolute Gasteiger partial charge is 0.465 e. The van der Waals surface area contributed by atoms with Gasteiger partial charge in [-0.1, -0.05) is 12.1 Å². The van der Waals surface area contributed by atoms with Gasteiger partial charge >= 0.3 is 5.97 Å².